The molecular formula is C50H58Cl3N3O5. The van der Waals surface area contributed by atoms with Gasteiger partial charge in [0.25, 0.3) is 0 Å². The Morgan fingerprint density at radius 3 is 1.41 bits per heavy atom. The molecule has 6 rings (SSSR count). The number of phenols is 3. The van der Waals surface area contributed by atoms with E-state index in [2.05, 4.69) is 12.2 Å². The summed E-state index contributed by atoms with van der Waals surface area (Å²) < 4.78 is 0. The lowest BCUT2D eigenvalue weighted by atomic mass is 9.99. The maximum absolute atomic E-state index is 11.6. The molecule has 6 aromatic carbocycles. The van der Waals surface area contributed by atoms with Crippen LogP contribution in [0.15, 0.2) is 146 Å². The first-order valence-corrected chi connectivity index (χ1v) is 21.6. The van der Waals surface area contributed by atoms with Crippen molar-refractivity contribution >= 4 is 46.0 Å². The van der Waals surface area contributed by atoms with Crippen molar-refractivity contribution in [3.8, 4) is 50.6 Å². The van der Waals surface area contributed by atoms with Crippen LogP contribution in [0.25, 0.3) is 33.4 Å². The van der Waals surface area contributed by atoms with E-state index in [4.69, 9.17) is 46.3 Å². The highest BCUT2D eigenvalue weighted by atomic mass is 35.5. The Balaban J connectivity index is 0.000000288. The zero-order valence-electron chi connectivity index (χ0n) is 34.9. The summed E-state index contributed by atoms with van der Waals surface area (Å²) in [6.07, 6.45) is 4.92. The summed E-state index contributed by atoms with van der Waals surface area (Å²) in [7, 11) is 0. The van der Waals surface area contributed by atoms with Gasteiger partial charge < -0.3 is 32.1 Å². The van der Waals surface area contributed by atoms with E-state index >= 15 is 0 Å². The molecule has 0 aliphatic heterocycles. The Morgan fingerprint density at radius 2 is 1.00 bits per heavy atom. The van der Waals surface area contributed by atoms with Crippen LogP contribution in [0, 0.1) is 0 Å². The Hall–Kier alpha value is -5.35. The quantitative estimate of drug-likeness (QED) is 0.0497. The number of rotatable bonds is 13. The van der Waals surface area contributed by atoms with Crippen LogP contribution in [0.2, 0.25) is 0 Å². The van der Waals surface area contributed by atoms with Crippen LogP contribution in [0.4, 0.5) is 0 Å². The number of unbranched alkanes of at least 4 members (excludes halogenated alkanes) is 2. The van der Waals surface area contributed by atoms with Gasteiger partial charge in [-0.2, -0.15) is 0 Å². The molecule has 0 spiro atoms. The first-order valence-electron chi connectivity index (χ1n) is 20.1. The zero-order chi connectivity index (χ0) is 44.8. The number of benzene rings is 6. The van der Waals surface area contributed by atoms with Crippen molar-refractivity contribution in [2.75, 3.05) is 5.34 Å². The van der Waals surface area contributed by atoms with Crippen molar-refractivity contribution in [1.29, 1.82) is 0 Å². The van der Waals surface area contributed by atoms with Crippen LogP contribution in [0.5, 0.6) is 17.2 Å². The molecule has 0 heterocycles. The number of halogens is 3. The summed E-state index contributed by atoms with van der Waals surface area (Å²) in [4.78, 5) is 21.6. The van der Waals surface area contributed by atoms with Crippen molar-refractivity contribution < 1.29 is 24.9 Å². The lowest BCUT2D eigenvalue weighted by Gasteiger charge is -2.09. The maximum atomic E-state index is 11.6. The SMILES string of the molecule is CCCCC(=O)Cl.CCCCC(=O)NCc1ccc(-c2ccccc2)cc1O.ClCCl.NCc1c(O)cccc1-c1ccccc1.NCc1ccc(-c2ccccc2)cc1O. The molecule has 324 valence electrons. The molecule has 0 aromatic heterocycles. The first-order chi connectivity index (χ1) is 29.5. The normalized spacial score (nSPS) is 9.89. The van der Waals surface area contributed by atoms with Gasteiger partial charge in [0.2, 0.25) is 11.1 Å². The Morgan fingerprint density at radius 1 is 0.541 bits per heavy atom. The highest BCUT2D eigenvalue weighted by Crippen LogP contribution is 2.30. The van der Waals surface area contributed by atoms with E-state index in [0.717, 1.165) is 75.8 Å². The molecule has 61 heavy (non-hydrogen) atoms. The van der Waals surface area contributed by atoms with Crippen molar-refractivity contribution in [1.82, 2.24) is 5.32 Å². The maximum Gasteiger partial charge on any atom is 0.221 e. The topological polar surface area (TPSA) is 159 Å². The molecule has 0 bridgehead atoms. The van der Waals surface area contributed by atoms with Crippen LogP contribution in [-0.4, -0.2) is 31.8 Å². The number of hydrogen-bond acceptors (Lipinski definition) is 7. The fourth-order valence-corrected chi connectivity index (χ4v) is 5.82. The molecule has 0 atom stereocenters. The monoisotopic (exact) mass is 885 g/mol. The molecule has 0 saturated carbocycles. The van der Waals surface area contributed by atoms with Crippen LogP contribution < -0.4 is 16.8 Å². The molecule has 6 aromatic rings. The van der Waals surface area contributed by atoms with E-state index in [1.807, 2.05) is 134 Å². The summed E-state index contributed by atoms with van der Waals surface area (Å²) in [5.74, 6) is 0.772. The van der Waals surface area contributed by atoms with Crippen molar-refractivity contribution in [2.45, 2.75) is 72.0 Å². The van der Waals surface area contributed by atoms with E-state index in [9.17, 15) is 24.9 Å². The van der Waals surface area contributed by atoms with Gasteiger partial charge in [0.15, 0.2) is 0 Å². The van der Waals surface area contributed by atoms with Gasteiger partial charge in [-0.05, 0) is 76.0 Å². The average Bonchev–Trinajstić information content (AvgIpc) is 3.29. The number of aromatic hydroxyl groups is 3. The highest BCUT2D eigenvalue weighted by Gasteiger charge is 2.08. The van der Waals surface area contributed by atoms with Crippen LogP contribution in [-0.2, 0) is 29.2 Å². The van der Waals surface area contributed by atoms with Crippen molar-refractivity contribution in [3.63, 3.8) is 0 Å². The van der Waals surface area contributed by atoms with E-state index in [1.54, 1.807) is 18.2 Å². The molecule has 0 aliphatic carbocycles. The third-order valence-corrected chi connectivity index (χ3v) is 9.19. The summed E-state index contributed by atoms with van der Waals surface area (Å²) in [5.41, 5.74) is 19.6. The summed E-state index contributed by atoms with van der Waals surface area (Å²) in [6.45, 7) is 5.16. The smallest absolute Gasteiger partial charge is 0.221 e. The molecule has 0 unspecified atom stereocenters. The molecule has 8 nitrogen and oxygen atoms in total. The lowest BCUT2D eigenvalue weighted by Crippen LogP contribution is -2.22. The number of alkyl halides is 2. The van der Waals surface area contributed by atoms with Crippen molar-refractivity contribution in [3.05, 3.63) is 162 Å². The fraction of sp³-hybridized carbons (Fsp3) is 0.240. The third kappa shape index (κ3) is 19.7. The van der Waals surface area contributed by atoms with Gasteiger partial charge in [0, 0.05) is 49.2 Å². The molecule has 0 aliphatic rings. The number of hydrogen-bond donors (Lipinski definition) is 6. The van der Waals surface area contributed by atoms with Gasteiger partial charge in [-0.15, -0.1) is 23.2 Å². The van der Waals surface area contributed by atoms with Gasteiger partial charge >= 0.3 is 0 Å². The molecule has 0 fully saturated rings. The van der Waals surface area contributed by atoms with Gasteiger partial charge in [-0.1, -0.05) is 154 Å². The lowest BCUT2D eigenvalue weighted by molar-refractivity contribution is -0.121. The van der Waals surface area contributed by atoms with Crippen molar-refractivity contribution in [2.24, 2.45) is 11.5 Å². The first kappa shape index (κ1) is 51.8. The Kier molecular flexibility index (Phi) is 26.0. The third-order valence-electron chi connectivity index (χ3n) is 9.01. The Labute approximate surface area is 376 Å². The summed E-state index contributed by atoms with van der Waals surface area (Å²) in [5, 5.41) is 32.2. The molecule has 11 heteroatoms. The zero-order valence-corrected chi connectivity index (χ0v) is 37.1. The number of amides is 1. The summed E-state index contributed by atoms with van der Waals surface area (Å²) in [6, 6.07) is 46.4. The molecule has 0 saturated heterocycles. The second-order valence-electron chi connectivity index (χ2n) is 13.4. The minimum Gasteiger partial charge on any atom is -0.508 e. The Bertz CT molecular complexity index is 2140. The van der Waals surface area contributed by atoms with Gasteiger partial charge in [0.1, 0.15) is 17.2 Å². The number of carbonyl (C=O) groups excluding carboxylic acids is 2. The van der Waals surface area contributed by atoms with Crippen LogP contribution in [0.1, 0.15) is 69.1 Å². The molecule has 8 N–H and O–H groups in total. The second-order valence-corrected chi connectivity index (χ2v) is 14.7. The average molecular weight is 887 g/mol. The second kappa shape index (κ2) is 30.6. The summed E-state index contributed by atoms with van der Waals surface area (Å²) >= 11 is 14.5. The predicted molar refractivity (Wildman–Crippen MR) is 255 cm³/mol. The van der Waals surface area contributed by atoms with Crippen LogP contribution >= 0.6 is 34.8 Å². The highest BCUT2D eigenvalue weighted by molar-refractivity contribution is 6.63. The van der Waals surface area contributed by atoms with Gasteiger partial charge in [-0.25, -0.2) is 0 Å². The van der Waals surface area contributed by atoms with E-state index < -0.39 is 0 Å². The number of nitrogens with one attached hydrogen (secondary N) is 1. The molecule has 1 amide bonds. The van der Waals surface area contributed by atoms with Crippen LogP contribution in [0.3, 0.4) is 0 Å². The van der Waals surface area contributed by atoms with E-state index in [1.165, 1.54) is 0 Å². The number of nitrogens with two attached hydrogens (primary N) is 2. The predicted octanol–water partition coefficient (Wildman–Crippen LogP) is 12.3. The van der Waals surface area contributed by atoms with E-state index in [-0.39, 0.29) is 33.7 Å². The van der Waals surface area contributed by atoms with E-state index in [0.29, 0.717) is 32.5 Å². The molecule has 0 radical (unpaired) electrons. The minimum atomic E-state index is -0.221. The fourth-order valence-electron chi connectivity index (χ4n) is 5.68. The number of carbonyl (C=O) groups is 2. The standard InChI is InChI=1S/C18H21NO2.2C13H13NO.C5H9ClO.CH2Cl2/c1-2-3-9-18(21)19-13-16-11-10-15(12-17(16)20)14-7-5-4-6-8-14;14-9-12-11(7-4-8-13(12)15)10-5-2-1-3-6-10;14-9-12-7-6-11(8-13(12)15)10-4-2-1-3-5-10;1-2-3-4-5(6)7;2-1-3/h4-8,10-12,20H,2-3,9,13H2,1H3,(H,19,21);2*1-8,15H,9,14H2;2-4H2,1H3;1H2. The largest absolute Gasteiger partial charge is 0.508 e. The van der Waals surface area contributed by atoms with Gasteiger partial charge in [0.05, 0.1) is 5.34 Å². The van der Waals surface area contributed by atoms with Gasteiger partial charge in [-0.3, -0.25) is 9.59 Å². The number of phenolic OH excluding ortho intramolecular Hbond substituents is 3. The minimum absolute atomic E-state index is 0.0309. The molecular weight excluding hydrogens is 829 g/mol.